The molecular weight excluding hydrogens is 434 g/mol. The minimum Gasteiger partial charge on any atom is -0.330 e. The van der Waals surface area contributed by atoms with Crippen LogP contribution in [0.4, 0.5) is 0 Å². The zero-order chi connectivity index (χ0) is 23.6. The first-order valence-corrected chi connectivity index (χ1v) is 11.8. The summed E-state index contributed by atoms with van der Waals surface area (Å²) in [6.07, 6.45) is 2.49. The molecule has 3 N–H and O–H groups in total. The van der Waals surface area contributed by atoms with Crippen molar-refractivity contribution in [2.45, 2.75) is 62.4 Å². The number of carbonyl (C=O) groups is 2. The van der Waals surface area contributed by atoms with Crippen LogP contribution < -0.4 is 5.73 Å². The van der Waals surface area contributed by atoms with E-state index >= 15 is 0 Å². The zero-order valence-electron chi connectivity index (χ0n) is 18.9. The molecule has 2 amide bonds. The quantitative estimate of drug-likeness (QED) is 0.613. The van der Waals surface area contributed by atoms with Gasteiger partial charge in [0.05, 0.1) is 24.2 Å². The highest BCUT2D eigenvalue weighted by Gasteiger charge is 2.56. The molecule has 1 unspecified atom stereocenters. The Morgan fingerprint density at radius 3 is 2.76 bits per heavy atom. The summed E-state index contributed by atoms with van der Waals surface area (Å²) in [5, 5.41) is 23.4. The second kappa shape index (κ2) is 7.85. The Labute approximate surface area is 196 Å². The van der Waals surface area contributed by atoms with E-state index in [-0.39, 0.29) is 42.0 Å². The van der Waals surface area contributed by atoms with Crippen LogP contribution in [0.3, 0.4) is 0 Å². The molecular formula is C23H27N9O2. The number of aromatic nitrogens is 4. The summed E-state index contributed by atoms with van der Waals surface area (Å²) < 4.78 is 0. The molecule has 1 saturated carbocycles. The molecule has 4 fully saturated rings. The lowest BCUT2D eigenvalue weighted by Crippen LogP contribution is -2.57. The Hall–Kier alpha value is -3.36. The molecule has 3 saturated heterocycles. The number of aromatic amines is 1. The van der Waals surface area contributed by atoms with Gasteiger partial charge < -0.3 is 15.5 Å². The number of piperazine rings is 1. The van der Waals surface area contributed by atoms with Crippen LogP contribution in [0.2, 0.25) is 0 Å². The number of amides is 2. The van der Waals surface area contributed by atoms with Crippen molar-refractivity contribution in [3.05, 3.63) is 29.8 Å². The smallest absolute Gasteiger partial charge is 0.242 e. The predicted octanol–water partition coefficient (Wildman–Crippen LogP) is 0.0531. The van der Waals surface area contributed by atoms with Crippen LogP contribution >= 0.6 is 0 Å². The molecule has 7 atom stereocenters. The lowest BCUT2D eigenvalue weighted by molar-refractivity contribution is -0.141. The molecule has 1 aliphatic carbocycles. The van der Waals surface area contributed by atoms with Gasteiger partial charge in [0.15, 0.2) is 0 Å². The number of rotatable bonds is 6. The number of tetrazole rings is 1. The second-order valence-corrected chi connectivity index (χ2v) is 9.93. The maximum atomic E-state index is 13.3. The fourth-order valence-electron chi connectivity index (χ4n) is 6.17. The maximum absolute atomic E-state index is 13.3. The predicted molar refractivity (Wildman–Crippen MR) is 119 cm³/mol. The van der Waals surface area contributed by atoms with Gasteiger partial charge in [-0.1, -0.05) is 24.3 Å². The number of likely N-dealkylation sites (tertiary alicyclic amines) is 3. The third-order valence-electron chi connectivity index (χ3n) is 7.98. The molecule has 2 aromatic rings. The lowest BCUT2D eigenvalue weighted by Gasteiger charge is -2.38. The van der Waals surface area contributed by atoms with E-state index in [4.69, 9.17) is 5.73 Å². The van der Waals surface area contributed by atoms with Crippen LogP contribution in [0.15, 0.2) is 24.3 Å². The summed E-state index contributed by atoms with van der Waals surface area (Å²) in [6, 6.07) is 9.00. The van der Waals surface area contributed by atoms with Gasteiger partial charge in [-0.2, -0.15) is 10.5 Å². The summed E-state index contributed by atoms with van der Waals surface area (Å²) >= 11 is 0. The number of nitrogens with one attached hydrogen (secondary N) is 1. The first-order valence-electron chi connectivity index (χ1n) is 11.8. The zero-order valence-corrected chi connectivity index (χ0v) is 18.9. The average molecular weight is 462 g/mol. The number of piperidine rings is 1. The molecule has 0 radical (unpaired) electrons. The fourth-order valence-corrected chi connectivity index (χ4v) is 6.17. The minimum absolute atomic E-state index is 0.0629. The summed E-state index contributed by atoms with van der Waals surface area (Å²) in [4.78, 5) is 32.0. The van der Waals surface area contributed by atoms with Gasteiger partial charge in [-0.25, -0.2) is 0 Å². The summed E-state index contributed by atoms with van der Waals surface area (Å²) in [5.41, 5.74) is 8.21. The summed E-state index contributed by atoms with van der Waals surface area (Å²) in [7, 11) is 0. The highest BCUT2D eigenvalue weighted by Crippen LogP contribution is 2.48. The van der Waals surface area contributed by atoms with Crippen molar-refractivity contribution >= 4 is 11.8 Å². The van der Waals surface area contributed by atoms with E-state index in [1.54, 1.807) is 4.90 Å². The Bertz CT molecular complexity index is 1140. The van der Waals surface area contributed by atoms with Crippen molar-refractivity contribution in [3.8, 4) is 17.5 Å². The normalized spacial score (nSPS) is 31.4. The van der Waals surface area contributed by atoms with Crippen molar-refractivity contribution in [2.24, 2.45) is 11.7 Å². The molecule has 176 valence electrons. The summed E-state index contributed by atoms with van der Waals surface area (Å²) in [5.74, 6) is 0.924. The van der Waals surface area contributed by atoms with E-state index in [0.717, 1.165) is 30.4 Å². The van der Waals surface area contributed by atoms with E-state index in [0.29, 0.717) is 24.8 Å². The number of nitriles is 1. The van der Waals surface area contributed by atoms with E-state index in [2.05, 4.69) is 31.6 Å². The Balaban J connectivity index is 1.10. The first kappa shape index (κ1) is 21.2. The molecule has 11 heteroatoms. The molecule has 2 bridgehead atoms. The highest BCUT2D eigenvalue weighted by molar-refractivity contribution is 5.87. The highest BCUT2D eigenvalue weighted by atomic mass is 16.2. The van der Waals surface area contributed by atoms with E-state index in [1.807, 2.05) is 36.1 Å². The van der Waals surface area contributed by atoms with Crippen molar-refractivity contribution in [3.63, 3.8) is 0 Å². The molecule has 4 heterocycles. The second-order valence-electron chi connectivity index (χ2n) is 9.93. The number of carbonyl (C=O) groups excluding carboxylic acids is 2. The van der Waals surface area contributed by atoms with Crippen molar-refractivity contribution in [1.82, 2.24) is 35.3 Å². The van der Waals surface area contributed by atoms with Gasteiger partial charge in [0.2, 0.25) is 17.6 Å². The SMILES string of the molecule is C[C@@H](c1ccc(-c2nn[nH]n2)cc1)N1C(=O)[C@H]2C[C@@H]1CN2C[C@H](N)C(=O)N1[C@H](C#N)CC2C[C@@H]21. The van der Waals surface area contributed by atoms with Gasteiger partial charge in [-0.15, -0.1) is 10.2 Å². The molecule has 3 aliphatic heterocycles. The Morgan fingerprint density at radius 1 is 1.29 bits per heavy atom. The van der Waals surface area contributed by atoms with Gasteiger partial charge in [-0.05, 0) is 42.9 Å². The van der Waals surface area contributed by atoms with Gasteiger partial charge in [-0.3, -0.25) is 14.5 Å². The van der Waals surface area contributed by atoms with Crippen molar-refractivity contribution in [1.29, 1.82) is 5.26 Å². The van der Waals surface area contributed by atoms with Gasteiger partial charge in [0.1, 0.15) is 6.04 Å². The molecule has 1 aromatic heterocycles. The monoisotopic (exact) mass is 461 g/mol. The third kappa shape index (κ3) is 3.28. The Kier molecular flexibility index (Phi) is 4.89. The van der Waals surface area contributed by atoms with Gasteiger partial charge in [0.25, 0.3) is 0 Å². The number of nitrogens with zero attached hydrogens (tertiary/aromatic N) is 7. The standard InChI is InChI=1S/C23H27N9O2/c1-12(13-2-4-14(5-3-13)21-26-28-29-27-21)31-17-8-20(23(31)34)30(10-17)11-18(25)22(33)32-16(9-24)6-15-7-19(15)32/h2-5,12,15-20H,6-8,10-11,25H2,1H3,(H,26,27,28,29)/t12-,15?,16-,17+,18-,19-,20+/m0/s1. The van der Waals surface area contributed by atoms with Crippen molar-refractivity contribution < 1.29 is 9.59 Å². The topological polar surface area (TPSA) is 148 Å². The number of hydrogen-bond acceptors (Lipinski definition) is 8. The molecule has 0 spiro atoms. The van der Waals surface area contributed by atoms with Crippen molar-refractivity contribution in [2.75, 3.05) is 13.1 Å². The van der Waals surface area contributed by atoms with Crippen LogP contribution in [0.25, 0.3) is 11.4 Å². The van der Waals surface area contributed by atoms with E-state index < -0.39 is 6.04 Å². The van der Waals surface area contributed by atoms with Gasteiger partial charge >= 0.3 is 0 Å². The Morgan fingerprint density at radius 2 is 2.09 bits per heavy atom. The largest absolute Gasteiger partial charge is 0.330 e. The van der Waals surface area contributed by atoms with Crippen LogP contribution in [0.5, 0.6) is 0 Å². The molecule has 4 aliphatic rings. The summed E-state index contributed by atoms with van der Waals surface area (Å²) in [6.45, 7) is 3.10. The average Bonchev–Trinajstić information content (AvgIpc) is 3.28. The van der Waals surface area contributed by atoms with E-state index in [1.165, 1.54) is 0 Å². The van der Waals surface area contributed by atoms with Crippen LogP contribution in [0, 0.1) is 17.2 Å². The number of fused-ring (bicyclic) bond motifs is 3. The number of benzene rings is 1. The molecule has 1 aromatic carbocycles. The number of nitrogens with two attached hydrogens (primary N) is 1. The van der Waals surface area contributed by atoms with Crippen LogP contribution in [0.1, 0.15) is 37.8 Å². The number of hydrogen-bond donors (Lipinski definition) is 2. The molecule has 11 nitrogen and oxygen atoms in total. The lowest BCUT2D eigenvalue weighted by atomic mass is 10.0. The maximum Gasteiger partial charge on any atom is 0.242 e. The number of H-pyrrole nitrogens is 1. The van der Waals surface area contributed by atoms with E-state index in [9.17, 15) is 14.9 Å². The third-order valence-corrected chi connectivity index (χ3v) is 7.98. The van der Waals surface area contributed by atoms with Gasteiger partial charge in [0, 0.05) is 30.7 Å². The molecule has 6 rings (SSSR count). The van der Waals surface area contributed by atoms with Crippen LogP contribution in [-0.4, -0.2) is 90.4 Å². The fraction of sp³-hybridized carbons (Fsp3) is 0.565. The minimum atomic E-state index is -0.717. The molecule has 34 heavy (non-hydrogen) atoms. The first-order chi connectivity index (χ1) is 16.5. The van der Waals surface area contributed by atoms with Crippen LogP contribution in [-0.2, 0) is 9.59 Å².